The summed E-state index contributed by atoms with van der Waals surface area (Å²) < 4.78 is 3.40. The maximum absolute atomic E-state index is 14.8. The van der Waals surface area contributed by atoms with Gasteiger partial charge in [-0.15, -0.1) is 0 Å². The first-order chi connectivity index (χ1) is 27.6. The molecule has 0 N–H and O–H groups in total. The second-order valence-corrected chi connectivity index (χ2v) is 13.5. The SMILES string of the molecule is N#Cc1ccc(-n2c3ccccc3c3cc4c(=O)n(-c5ccc(-c6nc(-c7ccccc7)nc(-c7ccccc7)n6)cc5)c(=O)c5ccccc5c4cc32)cc1. The van der Waals surface area contributed by atoms with Gasteiger partial charge in [0, 0.05) is 43.9 Å². The highest BCUT2D eigenvalue weighted by molar-refractivity contribution is 6.17. The van der Waals surface area contributed by atoms with Crippen LogP contribution in [0, 0.1) is 11.3 Å². The Bertz CT molecular complexity index is 3280. The highest BCUT2D eigenvalue weighted by Gasteiger charge is 2.19. The third kappa shape index (κ3) is 5.34. The largest absolute Gasteiger partial charge is 0.309 e. The Morgan fingerprint density at radius 2 is 0.875 bits per heavy atom. The van der Waals surface area contributed by atoms with Crippen molar-refractivity contribution in [2.45, 2.75) is 0 Å². The number of para-hydroxylation sites is 1. The van der Waals surface area contributed by atoms with E-state index in [0.717, 1.165) is 38.6 Å². The van der Waals surface area contributed by atoms with Crippen LogP contribution in [0.1, 0.15) is 5.56 Å². The van der Waals surface area contributed by atoms with Gasteiger partial charge in [-0.05, 0) is 83.6 Å². The lowest BCUT2D eigenvalue weighted by atomic mass is 10.0. The van der Waals surface area contributed by atoms with Gasteiger partial charge in [-0.2, -0.15) is 5.26 Å². The van der Waals surface area contributed by atoms with Crippen molar-refractivity contribution < 1.29 is 0 Å². The minimum Gasteiger partial charge on any atom is -0.309 e. The molecule has 0 atom stereocenters. The molecular weight excluding hydrogens is 693 g/mol. The summed E-state index contributed by atoms with van der Waals surface area (Å²) in [6.45, 7) is 0. The van der Waals surface area contributed by atoms with Crippen LogP contribution in [0.3, 0.4) is 0 Å². The molecule has 0 bridgehead atoms. The van der Waals surface area contributed by atoms with Gasteiger partial charge in [0.25, 0.3) is 11.1 Å². The van der Waals surface area contributed by atoms with Crippen LogP contribution in [0.25, 0.3) is 88.9 Å². The van der Waals surface area contributed by atoms with Crippen molar-refractivity contribution in [3.05, 3.63) is 196 Å². The van der Waals surface area contributed by atoms with Gasteiger partial charge in [0.1, 0.15) is 0 Å². The standard InChI is InChI=1S/C48H28N6O2/c49-29-30-19-23-34(24-20-30)53-42-18-10-9-16-37(42)40-27-41-39(28-43(40)53)36-15-7-8-17-38(36)47(55)54(48(41)56)35-25-21-33(22-26-35)46-51-44(31-11-3-1-4-12-31)50-45(52-46)32-13-5-2-6-14-32/h1-28H. The Kier molecular flexibility index (Phi) is 7.65. The molecule has 8 nitrogen and oxygen atoms in total. The summed E-state index contributed by atoms with van der Waals surface area (Å²) in [6, 6.07) is 55.7. The lowest BCUT2D eigenvalue weighted by Gasteiger charge is -2.09. The number of fused-ring (bicyclic) bond motifs is 6. The zero-order chi connectivity index (χ0) is 37.8. The molecule has 10 aromatic rings. The summed E-state index contributed by atoms with van der Waals surface area (Å²) in [5, 5.41) is 13.4. The lowest BCUT2D eigenvalue weighted by molar-refractivity contribution is 0.975. The quantitative estimate of drug-likeness (QED) is 0.175. The topological polar surface area (TPSA) is 106 Å². The number of hydrogen-bond acceptors (Lipinski definition) is 6. The Morgan fingerprint density at radius 3 is 1.48 bits per heavy atom. The predicted molar refractivity (Wildman–Crippen MR) is 222 cm³/mol. The van der Waals surface area contributed by atoms with Crippen LogP contribution in [0.5, 0.6) is 0 Å². The van der Waals surface area contributed by atoms with Crippen LogP contribution in [-0.2, 0) is 0 Å². The molecule has 10 rings (SSSR count). The molecule has 0 saturated carbocycles. The molecule has 56 heavy (non-hydrogen) atoms. The molecule has 8 heteroatoms. The average Bonchev–Trinajstić information content (AvgIpc) is 3.55. The molecule has 3 heterocycles. The van der Waals surface area contributed by atoms with E-state index in [-0.39, 0.29) is 0 Å². The fraction of sp³-hybridized carbons (Fsp3) is 0. The summed E-state index contributed by atoms with van der Waals surface area (Å²) in [5.74, 6) is 1.54. The molecular formula is C48H28N6O2. The van der Waals surface area contributed by atoms with E-state index in [9.17, 15) is 14.9 Å². The van der Waals surface area contributed by atoms with Gasteiger partial charge in [0.2, 0.25) is 0 Å². The average molecular weight is 721 g/mol. The Balaban J connectivity index is 1.18. The molecule has 0 aliphatic heterocycles. The van der Waals surface area contributed by atoms with Crippen molar-refractivity contribution in [2.24, 2.45) is 0 Å². The van der Waals surface area contributed by atoms with Gasteiger partial charge in [0.15, 0.2) is 17.5 Å². The Morgan fingerprint density at radius 1 is 0.393 bits per heavy atom. The van der Waals surface area contributed by atoms with Crippen LogP contribution in [0.15, 0.2) is 179 Å². The summed E-state index contributed by atoms with van der Waals surface area (Å²) >= 11 is 0. The van der Waals surface area contributed by atoms with E-state index in [1.807, 2.05) is 140 Å². The van der Waals surface area contributed by atoms with Gasteiger partial charge >= 0.3 is 0 Å². The molecule has 262 valence electrons. The van der Waals surface area contributed by atoms with E-state index in [1.165, 1.54) is 4.57 Å². The number of rotatable bonds is 5. The van der Waals surface area contributed by atoms with Gasteiger partial charge < -0.3 is 4.57 Å². The van der Waals surface area contributed by atoms with Crippen molar-refractivity contribution in [3.63, 3.8) is 0 Å². The van der Waals surface area contributed by atoms with E-state index in [1.54, 1.807) is 30.3 Å². The van der Waals surface area contributed by atoms with Crippen molar-refractivity contribution in [1.82, 2.24) is 24.1 Å². The Hall–Kier alpha value is -8.02. The van der Waals surface area contributed by atoms with E-state index >= 15 is 0 Å². The number of benzene rings is 7. The maximum Gasteiger partial charge on any atom is 0.265 e. The van der Waals surface area contributed by atoms with Gasteiger partial charge in [-0.25, -0.2) is 19.5 Å². The minimum atomic E-state index is -0.427. The third-order valence-electron chi connectivity index (χ3n) is 10.2. The van der Waals surface area contributed by atoms with E-state index in [4.69, 9.17) is 15.0 Å². The van der Waals surface area contributed by atoms with Crippen LogP contribution < -0.4 is 11.1 Å². The minimum absolute atomic E-state index is 0.417. The summed E-state index contributed by atoms with van der Waals surface area (Å²) in [6.07, 6.45) is 0. The van der Waals surface area contributed by atoms with Crippen LogP contribution in [-0.4, -0.2) is 24.1 Å². The van der Waals surface area contributed by atoms with Crippen LogP contribution in [0.2, 0.25) is 0 Å². The van der Waals surface area contributed by atoms with Crippen molar-refractivity contribution in [3.8, 4) is 51.6 Å². The summed E-state index contributed by atoms with van der Waals surface area (Å²) in [4.78, 5) is 43.8. The zero-order valence-corrected chi connectivity index (χ0v) is 29.7. The van der Waals surface area contributed by atoms with Crippen molar-refractivity contribution >= 4 is 43.4 Å². The highest BCUT2D eigenvalue weighted by atomic mass is 16.2. The summed E-state index contributed by atoms with van der Waals surface area (Å²) in [7, 11) is 0. The molecule has 0 radical (unpaired) electrons. The summed E-state index contributed by atoms with van der Waals surface area (Å²) in [5.41, 5.74) is 5.29. The molecule has 0 unspecified atom stereocenters. The molecule has 0 saturated heterocycles. The first-order valence-electron chi connectivity index (χ1n) is 18.1. The number of aromatic nitrogens is 5. The maximum atomic E-state index is 14.8. The van der Waals surface area contributed by atoms with Gasteiger partial charge in [-0.3, -0.25) is 9.59 Å². The first kappa shape index (κ1) is 32.6. The van der Waals surface area contributed by atoms with E-state index < -0.39 is 11.1 Å². The van der Waals surface area contributed by atoms with Crippen molar-refractivity contribution in [1.29, 1.82) is 5.26 Å². The van der Waals surface area contributed by atoms with Gasteiger partial charge in [0.05, 0.1) is 28.4 Å². The molecule has 0 aliphatic rings. The normalized spacial score (nSPS) is 11.3. The molecule has 7 aromatic carbocycles. The fourth-order valence-corrected chi connectivity index (χ4v) is 7.55. The highest BCUT2D eigenvalue weighted by Crippen LogP contribution is 2.36. The van der Waals surface area contributed by atoms with E-state index in [0.29, 0.717) is 55.8 Å². The first-order valence-corrected chi connectivity index (χ1v) is 18.1. The molecule has 0 fully saturated rings. The van der Waals surface area contributed by atoms with Crippen molar-refractivity contribution in [2.75, 3.05) is 0 Å². The Labute approximate surface area is 319 Å². The lowest BCUT2D eigenvalue weighted by Crippen LogP contribution is -2.28. The monoisotopic (exact) mass is 720 g/mol. The third-order valence-corrected chi connectivity index (χ3v) is 10.2. The second-order valence-electron chi connectivity index (χ2n) is 13.5. The number of nitrogens with zero attached hydrogens (tertiary/aromatic N) is 6. The zero-order valence-electron chi connectivity index (χ0n) is 29.7. The second kappa shape index (κ2) is 13.1. The molecule has 0 amide bonds. The van der Waals surface area contributed by atoms with Crippen LogP contribution in [0.4, 0.5) is 0 Å². The molecule has 3 aromatic heterocycles. The predicted octanol–water partition coefficient (Wildman–Crippen LogP) is 9.66. The fourth-order valence-electron chi connectivity index (χ4n) is 7.55. The molecule has 0 spiro atoms. The van der Waals surface area contributed by atoms with Gasteiger partial charge in [-0.1, -0.05) is 97.1 Å². The smallest absolute Gasteiger partial charge is 0.265 e. The number of nitriles is 1. The molecule has 0 aliphatic carbocycles. The van der Waals surface area contributed by atoms with Crippen LogP contribution >= 0.6 is 0 Å². The number of hydrogen-bond donors (Lipinski definition) is 0. The van der Waals surface area contributed by atoms with E-state index in [2.05, 4.69) is 10.6 Å².